The fourth-order valence-corrected chi connectivity index (χ4v) is 4.04. The van der Waals surface area contributed by atoms with Crippen LogP contribution in [0.1, 0.15) is 56.0 Å². The topological polar surface area (TPSA) is 98.4 Å². The van der Waals surface area contributed by atoms with E-state index in [1.807, 2.05) is 20.8 Å². The lowest BCUT2D eigenvalue weighted by atomic mass is 9.96. The summed E-state index contributed by atoms with van der Waals surface area (Å²) in [5, 5.41) is 4.04. The van der Waals surface area contributed by atoms with Crippen LogP contribution in [0.25, 0.3) is 0 Å². The standard InChI is InChI=1S/C21H22ClFN4O4S/c1-6-30-18(29)11(2)27(13-9-7-12(23)8-10-13)20-24-16(22)15(32-20)14(28)17-25-19(26-31-17)21(3,4)5/h7-11H,6H2,1-5H3. The van der Waals surface area contributed by atoms with Gasteiger partial charge in [0.1, 0.15) is 16.7 Å². The monoisotopic (exact) mass is 480 g/mol. The molecule has 0 amide bonds. The second-order valence-electron chi connectivity index (χ2n) is 7.89. The molecule has 3 aromatic rings. The summed E-state index contributed by atoms with van der Waals surface area (Å²) >= 11 is 7.23. The van der Waals surface area contributed by atoms with Gasteiger partial charge in [0.05, 0.1) is 6.61 Å². The van der Waals surface area contributed by atoms with Gasteiger partial charge >= 0.3 is 5.97 Å². The minimum Gasteiger partial charge on any atom is -0.464 e. The molecule has 0 aliphatic heterocycles. The van der Waals surface area contributed by atoms with E-state index in [4.69, 9.17) is 20.9 Å². The number of esters is 1. The van der Waals surface area contributed by atoms with Crippen LogP contribution in [0.3, 0.4) is 0 Å². The summed E-state index contributed by atoms with van der Waals surface area (Å²) in [5.41, 5.74) is 0.0725. The number of hydrogen-bond acceptors (Lipinski definition) is 9. The molecule has 8 nitrogen and oxygen atoms in total. The third kappa shape index (κ3) is 4.97. The molecular formula is C21H22ClFN4O4S. The Labute approximate surface area is 193 Å². The van der Waals surface area contributed by atoms with Crippen molar-refractivity contribution in [2.24, 2.45) is 0 Å². The SMILES string of the molecule is CCOC(=O)C(C)N(c1ccc(F)cc1)c1nc(Cl)c(C(=O)c2nc(C(C)(C)C)no2)s1. The molecule has 0 aliphatic rings. The van der Waals surface area contributed by atoms with Crippen molar-refractivity contribution in [3.05, 3.63) is 51.8 Å². The quantitative estimate of drug-likeness (QED) is 0.346. The van der Waals surface area contributed by atoms with Crippen molar-refractivity contribution in [2.45, 2.75) is 46.1 Å². The van der Waals surface area contributed by atoms with E-state index in [9.17, 15) is 14.0 Å². The van der Waals surface area contributed by atoms with Crippen molar-refractivity contribution in [1.82, 2.24) is 15.1 Å². The highest BCUT2D eigenvalue weighted by Gasteiger charge is 2.31. The molecule has 3 rings (SSSR count). The Balaban J connectivity index is 2.01. The maximum Gasteiger partial charge on any atom is 0.328 e. The number of hydrogen-bond donors (Lipinski definition) is 0. The van der Waals surface area contributed by atoms with Gasteiger partial charge in [-0.1, -0.05) is 48.9 Å². The Hall–Kier alpha value is -2.85. The number of rotatable bonds is 7. The Morgan fingerprint density at radius 2 is 1.91 bits per heavy atom. The van der Waals surface area contributed by atoms with E-state index in [2.05, 4.69) is 15.1 Å². The van der Waals surface area contributed by atoms with Crippen LogP contribution in [0.15, 0.2) is 28.8 Å². The summed E-state index contributed by atoms with van der Waals surface area (Å²) < 4.78 is 23.7. The molecule has 11 heteroatoms. The van der Waals surface area contributed by atoms with Gasteiger partial charge in [-0.3, -0.25) is 4.79 Å². The van der Waals surface area contributed by atoms with Gasteiger partial charge < -0.3 is 14.2 Å². The summed E-state index contributed by atoms with van der Waals surface area (Å²) in [6.07, 6.45) is 0. The first kappa shape index (κ1) is 23.8. The first-order chi connectivity index (χ1) is 15.0. The second-order valence-corrected chi connectivity index (χ2v) is 9.23. The van der Waals surface area contributed by atoms with Crippen molar-refractivity contribution in [3.63, 3.8) is 0 Å². The first-order valence-corrected chi connectivity index (χ1v) is 11.0. The minimum atomic E-state index is -0.818. The van der Waals surface area contributed by atoms with Crippen LogP contribution in [0.2, 0.25) is 5.15 Å². The lowest BCUT2D eigenvalue weighted by Gasteiger charge is -2.27. The molecule has 0 spiro atoms. The average Bonchev–Trinajstić information content (AvgIpc) is 3.36. The zero-order valence-corrected chi connectivity index (χ0v) is 19.8. The molecule has 0 bridgehead atoms. The normalized spacial score (nSPS) is 12.5. The molecule has 0 saturated heterocycles. The Kier molecular flexibility index (Phi) is 6.94. The Morgan fingerprint density at radius 3 is 2.47 bits per heavy atom. The number of anilines is 2. The number of halogens is 2. The van der Waals surface area contributed by atoms with Crippen molar-refractivity contribution >= 4 is 45.5 Å². The summed E-state index contributed by atoms with van der Waals surface area (Å²) in [6, 6.07) is 4.69. The molecule has 0 aliphatic carbocycles. The van der Waals surface area contributed by atoms with Crippen LogP contribution in [-0.2, 0) is 14.9 Å². The van der Waals surface area contributed by atoms with Gasteiger partial charge in [0, 0.05) is 11.1 Å². The maximum atomic E-state index is 13.5. The predicted octanol–water partition coefficient (Wildman–Crippen LogP) is 4.94. The molecule has 0 saturated carbocycles. The molecule has 2 heterocycles. The number of ketones is 1. The van der Waals surface area contributed by atoms with Crippen LogP contribution in [0.4, 0.5) is 15.2 Å². The molecule has 1 unspecified atom stereocenters. The van der Waals surface area contributed by atoms with Crippen LogP contribution < -0.4 is 4.90 Å². The number of benzene rings is 1. The summed E-state index contributed by atoms with van der Waals surface area (Å²) in [5.74, 6) is -1.35. The molecule has 32 heavy (non-hydrogen) atoms. The smallest absolute Gasteiger partial charge is 0.328 e. The fourth-order valence-electron chi connectivity index (χ4n) is 2.72. The van der Waals surface area contributed by atoms with Gasteiger partial charge in [0.2, 0.25) is 0 Å². The van der Waals surface area contributed by atoms with Crippen LogP contribution in [0, 0.1) is 5.82 Å². The highest BCUT2D eigenvalue weighted by atomic mass is 35.5. The summed E-state index contributed by atoms with van der Waals surface area (Å²) in [7, 11) is 0. The molecule has 1 atom stereocenters. The van der Waals surface area contributed by atoms with E-state index in [1.54, 1.807) is 13.8 Å². The molecule has 2 aromatic heterocycles. The van der Waals surface area contributed by atoms with E-state index in [1.165, 1.54) is 29.2 Å². The lowest BCUT2D eigenvalue weighted by molar-refractivity contribution is -0.144. The van der Waals surface area contributed by atoms with Gasteiger partial charge in [0.15, 0.2) is 16.1 Å². The van der Waals surface area contributed by atoms with Crippen LogP contribution in [-0.4, -0.2) is 39.5 Å². The summed E-state index contributed by atoms with van der Waals surface area (Å²) in [6.45, 7) is 9.17. The molecule has 0 radical (unpaired) electrons. The van der Waals surface area contributed by atoms with Crippen molar-refractivity contribution in [1.29, 1.82) is 0 Å². The van der Waals surface area contributed by atoms with Gasteiger partial charge in [-0.25, -0.2) is 14.2 Å². The number of carbonyl (C=O) groups excluding carboxylic acids is 2. The summed E-state index contributed by atoms with van der Waals surface area (Å²) in [4.78, 5) is 35.5. The highest BCUT2D eigenvalue weighted by Crippen LogP contribution is 2.37. The minimum absolute atomic E-state index is 0.0753. The first-order valence-electron chi connectivity index (χ1n) is 9.79. The van der Waals surface area contributed by atoms with Gasteiger partial charge in [-0.2, -0.15) is 4.98 Å². The molecular weight excluding hydrogens is 459 g/mol. The zero-order chi connectivity index (χ0) is 23.6. The third-order valence-corrected chi connectivity index (χ3v) is 5.84. The van der Waals surface area contributed by atoms with Gasteiger partial charge in [-0.05, 0) is 38.1 Å². The number of ether oxygens (including phenoxy) is 1. The van der Waals surface area contributed by atoms with Crippen LogP contribution >= 0.6 is 22.9 Å². The average molecular weight is 481 g/mol. The molecule has 0 N–H and O–H groups in total. The number of nitrogens with zero attached hydrogens (tertiary/aromatic N) is 4. The van der Waals surface area contributed by atoms with E-state index in [0.29, 0.717) is 11.5 Å². The maximum absolute atomic E-state index is 13.5. The zero-order valence-electron chi connectivity index (χ0n) is 18.2. The third-order valence-electron chi connectivity index (χ3n) is 4.40. The molecule has 0 fully saturated rings. The van der Waals surface area contributed by atoms with Gasteiger partial charge in [0.25, 0.3) is 11.7 Å². The van der Waals surface area contributed by atoms with E-state index >= 15 is 0 Å². The van der Waals surface area contributed by atoms with Crippen molar-refractivity contribution in [3.8, 4) is 0 Å². The molecule has 1 aromatic carbocycles. The predicted molar refractivity (Wildman–Crippen MR) is 118 cm³/mol. The molecule has 170 valence electrons. The van der Waals surface area contributed by atoms with Crippen molar-refractivity contribution < 1.29 is 23.2 Å². The van der Waals surface area contributed by atoms with E-state index < -0.39 is 29.0 Å². The number of aromatic nitrogens is 3. The largest absolute Gasteiger partial charge is 0.464 e. The number of thiazole rings is 1. The van der Waals surface area contributed by atoms with E-state index in [-0.39, 0.29) is 27.7 Å². The second kappa shape index (κ2) is 9.33. The van der Waals surface area contributed by atoms with Crippen LogP contribution in [0.5, 0.6) is 0 Å². The van der Waals surface area contributed by atoms with E-state index in [0.717, 1.165) is 11.3 Å². The highest BCUT2D eigenvalue weighted by molar-refractivity contribution is 7.18. The lowest BCUT2D eigenvalue weighted by Crippen LogP contribution is -2.36. The van der Waals surface area contributed by atoms with Crippen molar-refractivity contribution in [2.75, 3.05) is 11.5 Å². The van der Waals surface area contributed by atoms with Gasteiger partial charge in [-0.15, -0.1) is 0 Å². The Morgan fingerprint density at radius 1 is 1.25 bits per heavy atom. The fraction of sp³-hybridized carbons (Fsp3) is 0.381. The Bertz CT molecular complexity index is 1120. The number of carbonyl (C=O) groups is 2.